The fraction of sp³-hybridized carbons (Fsp3) is 0.565. The lowest BCUT2D eigenvalue weighted by molar-refractivity contribution is -0.274. The smallest absolute Gasteiger partial charge is 0.406 e. The van der Waals surface area contributed by atoms with Crippen LogP contribution in [-0.2, 0) is 0 Å². The van der Waals surface area contributed by atoms with E-state index in [1.54, 1.807) is 17.7 Å². The highest BCUT2D eigenvalue weighted by molar-refractivity contribution is 5.97. The van der Waals surface area contributed by atoms with E-state index in [9.17, 15) is 18.0 Å². The van der Waals surface area contributed by atoms with Crippen LogP contribution in [-0.4, -0.2) is 64.1 Å². The van der Waals surface area contributed by atoms with Crippen LogP contribution in [0, 0.1) is 6.92 Å². The second-order valence-electron chi connectivity index (χ2n) is 8.99. The van der Waals surface area contributed by atoms with Gasteiger partial charge < -0.3 is 14.5 Å². The molecule has 9 heteroatoms. The van der Waals surface area contributed by atoms with Crippen LogP contribution in [0.4, 0.5) is 13.2 Å². The number of benzene rings is 1. The molecule has 0 atom stereocenters. The van der Waals surface area contributed by atoms with E-state index in [0.29, 0.717) is 23.0 Å². The van der Waals surface area contributed by atoms with Crippen molar-refractivity contribution in [3.05, 3.63) is 41.2 Å². The Morgan fingerprint density at radius 2 is 1.81 bits per heavy atom. The summed E-state index contributed by atoms with van der Waals surface area (Å²) in [4.78, 5) is 17.9. The Labute approximate surface area is 184 Å². The standard InChI is InChI=1S/C23H27F3N4O2/c1-15-20(22(31)29-12-8-17(9-13-29)28-10-3-11-28)21(16-6-7-16)30(27-15)18-4-2-5-19(14-18)32-23(24,25)26/h2,4-5,14,16-17H,3,6-13H2,1H3. The van der Waals surface area contributed by atoms with Crippen molar-refractivity contribution in [3.8, 4) is 11.4 Å². The zero-order chi connectivity index (χ0) is 22.5. The van der Waals surface area contributed by atoms with Crippen molar-refractivity contribution in [1.29, 1.82) is 0 Å². The number of halogens is 3. The van der Waals surface area contributed by atoms with Gasteiger partial charge in [0.25, 0.3) is 5.91 Å². The lowest BCUT2D eigenvalue weighted by Crippen LogP contribution is -2.51. The van der Waals surface area contributed by atoms with E-state index in [2.05, 4.69) is 14.7 Å². The topological polar surface area (TPSA) is 50.6 Å². The first-order chi connectivity index (χ1) is 15.3. The van der Waals surface area contributed by atoms with Gasteiger partial charge in [0.05, 0.1) is 22.6 Å². The number of nitrogens with zero attached hydrogens (tertiary/aromatic N) is 4. The molecule has 1 aromatic heterocycles. The van der Waals surface area contributed by atoms with Crippen LogP contribution in [0.25, 0.3) is 5.69 Å². The van der Waals surface area contributed by atoms with Crippen molar-refractivity contribution >= 4 is 5.91 Å². The largest absolute Gasteiger partial charge is 0.573 e. The quantitative estimate of drug-likeness (QED) is 0.686. The molecule has 172 valence electrons. The van der Waals surface area contributed by atoms with E-state index < -0.39 is 6.36 Å². The summed E-state index contributed by atoms with van der Waals surface area (Å²) >= 11 is 0. The van der Waals surface area contributed by atoms with E-state index >= 15 is 0 Å². The van der Waals surface area contributed by atoms with Crippen LogP contribution < -0.4 is 4.74 Å². The fourth-order valence-electron chi connectivity index (χ4n) is 4.85. The van der Waals surface area contributed by atoms with Gasteiger partial charge >= 0.3 is 6.36 Å². The molecule has 1 aliphatic carbocycles. The minimum Gasteiger partial charge on any atom is -0.406 e. The Kier molecular flexibility index (Phi) is 5.39. The van der Waals surface area contributed by atoms with Crippen molar-refractivity contribution < 1.29 is 22.7 Å². The van der Waals surface area contributed by atoms with Crippen LogP contribution in [0.5, 0.6) is 5.75 Å². The van der Waals surface area contributed by atoms with E-state index in [4.69, 9.17) is 0 Å². The number of hydrogen-bond donors (Lipinski definition) is 0. The molecule has 2 saturated heterocycles. The van der Waals surface area contributed by atoms with Crippen molar-refractivity contribution in [2.75, 3.05) is 26.2 Å². The molecule has 0 unspecified atom stereocenters. The van der Waals surface area contributed by atoms with E-state index in [1.165, 1.54) is 24.6 Å². The first-order valence-electron chi connectivity index (χ1n) is 11.3. The van der Waals surface area contributed by atoms with Gasteiger partial charge in [-0.2, -0.15) is 5.10 Å². The number of amides is 1. The van der Waals surface area contributed by atoms with Crippen LogP contribution >= 0.6 is 0 Å². The fourth-order valence-corrected chi connectivity index (χ4v) is 4.85. The third kappa shape index (κ3) is 4.22. The first-order valence-corrected chi connectivity index (χ1v) is 11.3. The number of carbonyl (C=O) groups is 1. The van der Waals surface area contributed by atoms with E-state index in [0.717, 1.165) is 57.6 Å². The number of alkyl halides is 3. The van der Waals surface area contributed by atoms with Crippen molar-refractivity contribution in [1.82, 2.24) is 19.6 Å². The van der Waals surface area contributed by atoms with Crippen LogP contribution in [0.2, 0.25) is 0 Å². The Balaban J connectivity index is 1.41. The highest BCUT2D eigenvalue weighted by Crippen LogP contribution is 2.44. The Morgan fingerprint density at radius 1 is 1.09 bits per heavy atom. The highest BCUT2D eigenvalue weighted by atomic mass is 19.4. The number of ether oxygens (including phenoxy) is 1. The van der Waals surface area contributed by atoms with Gasteiger partial charge in [-0.3, -0.25) is 4.79 Å². The van der Waals surface area contributed by atoms with E-state index in [-0.39, 0.29) is 17.6 Å². The molecule has 3 aliphatic rings. The van der Waals surface area contributed by atoms with Crippen molar-refractivity contribution in [3.63, 3.8) is 0 Å². The SMILES string of the molecule is Cc1nn(-c2cccc(OC(F)(F)F)c2)c(C2CC2)c1C(=O)N1CCC(N2CCC2)CC1. The molecular formula is C23H27F3N4O2. The molecular weight excluding hydrogens is 421 g/mol. The maximum atomic E-state index is 13.5. The molecule has 3 fully saturated rings. The second-order valence-corrected chi connectivity index (χ2v) is 8.99. The third-order valence-corrected chi connectivity index (χ3v) is 6.73. The summed E-state index contributed by atoms with van der Waals surface area (Å²) < 4.78 is 43.8. The summed E-state index contributed by atoms with van der Waals surface area (Å²) in [7, 11) is 0. The van der Waals surface area contributed by atoms with Crippen LogP contribution in [0.15, 0.2) is 24.3 Å². The van der Waals surface area contributed by atoms with Gasteiger partial charge in [-0.05, 0) is 64.3 Å². The van der Waals surface area contributed by atoms with Gasteiger partial charge in [0.1, 0.15) is 5.75 Å². The molecule has 0 N–H and O–H groups in total. The molecule has 3 heterocycles. The molecule has 1 aromatic carbocycles. The maximum Gasteiger partial charge on any atom is 0.573 e. The van der Waals surface area contributed by atoms with Crippen LogP contribution in [0.1, 0.15) is 59.8 Å². The minimum absolute atomic E-state index is 0.0135. The Bertz CT molecular complexity index is 1000. The van der Waals surface area contributed by atoms with Crippen molar-refractivity contribution in [2.45, 2.75) is 57.3 Å². The number of aryl methyl sites for hydroxylation is 1. The molecule has 1 amide bonds. The van der Waals surface area contributed by atoms with Gasteiger partial charge in [0.15, 0.2) is 0 Å². The normalized spacial score (nSPS) is 20.3. The third-order valence-electron chi connectivity index (χ3n) is 6.73. The number of carbonyl (C=O) groups excluding carboxylic acids is 1. The lowest BCUT2D eigenvalue weighted by Gasteiger charge is -2.43. The van der Waals surface area contributed by atoms with Gasteiger partial charge in [-0.25, -0.2) is 4.68 Å². The maximum absolute atomic E-state index is 13.5. The molecule has 1 saturated carbocycles. The number of likely N-dealkylation sites (tertiary alicyclic amines) is 2. The van der Waals surface area contributed by atoms with Gasteiger partial charge in [0, 0.05) is 31.1 Å². The van der Waals surface area contributed by atoms with Crippen LogP contribution in [0.3, 0.4) is 0 Å². The summed E-state index contributed by atoms with van der Waals surface area (Å²) in [5, 5.41) is 4.59. The average molecular weight is 448 g/mol. The molecule has 2 aromatic rings. The zero-order valence-corrected chi connectivity index (χ0v) is 18.1. The molecule has 2 aliphatic heterocycles. The predicted molar refractivity (Wildman–Crippen MR) is 112 cm³/mol. The summed E-state index contributed by atoms with van der Waals surface area (Å²) in [6.07, 6.45) is 0.351. The van der Waals surface area contributed by atoms with Gasteiger partial charge in [-0.15, -0.1) is 13.2 Å². The number of rotatable bonds is 5. The van der Waals surface area contributed by atoms with Crippen molar-refractivity contribution in [2.24, 2.45) is 0 Å². The highest BCUT2D eigenvalue weighted by Gasteiger charge is 2.38. The van der Waals surface area contributed by atoms with Gasteiger partial charge in [-0.1, -0.05) is 6.07 Å². The minimum atomic E-state index is -4.76. The molecule has 0 bridgehead atoms. The second kappa shape index (κ2) is 8.10. The summed E-state index contributed by atoms with van der Waals surface area (Å²) in [6, 6.07) is 6.34. The monoisotopic (exact) mass is 448 g/mol. The average Bonchev–Trinajstić information content (AvgIpc) is 3.48. The first kappa shape index (κ1) is 21.3. The number of piperidine rings is 1. The molecule has 0 spiro atoms. The Morgan fingerprint density at radius 3 is 2.41 bits per heavy atom. The summed E-state index contributed by atoms with van der Waals surface area (Å²) in [5.74, 6) is -0.118. The molecule has 6 nitrogen and oxygen atoms in total. The summed E-state index contributed by atoms with van der Waals surface area (Å²) in [5.41, 5.74) is 2.50. The molecule has 0 radical (unpaired) electrons. The van der Waals surface area contributed by atoms with Gasteiger partial charge in [0.2, 0.25) is 0 Å². The molecule has 32 heavy (non-hydrogen) atoms. The zero-order valence-electron chi connectivity index (χ0n) is 18.1. The molecule has 5 rings (SSSR count). The predicted octanol–water partition coefficient (Wildman–Crippen LogP) is 4.27. The Hall–Kier alpha value is -2.55. The van der Waals surface area contributed by atoms with E-state index in [1.807, 2.05) is 4.90 Å². The lowest BCUT2D eigenvalue weighted by atomic mass is 9.98. The number of aromatic nitrogens is 2. The number of hydrogen-bond acceptors (Lipinski definition) is 4. The summed E-state index contributed by atoms with van der Waals surface area (Å²) in [6.45, 7) is 5.58.